The maximum Gasteiger partial charge on any atom is 0.227 e. The van der Waals surface area contributed by atoms with Gasteiger partial charge in [0.05, 0.1) is 12.0 Å². The molecule has 1 saturated heterocycles. The molecular weight excluding hydrogens is 311 g/mol. The number of rotatable bonds is 3. The summed E-state index contributed by atoms with van der Waals surface area (Å²) in [5, 5.41) is 3.85. The van der Waals surface area contributed by atoms with E-state index < -0.39 is 0 Å². The van der Waals surface area contributed by atoms with Crippen molar-refractivity contribution in [2.45, 2.75) is 25.8 Å². The number of benzene rings is 1. The number of hydrogen-bond donors (Lipinski definition) is 1. The third-order valence-electron chi connectivity index (χ3n) is 3.96. The van der Waals surface area contributed by atoms with E-state index >= 15 is 0 Å². The summed E-state index contributed by atoms with van der Waals surface area (Å²) in [4.78, 5) is 25.3. The molecule has 0 radical (unpaired) electrons. The van der Waals surface area contributed by atoms with Gasteiger partial charge in [-0.3, -0.25) is 9.59 Å². The number of nitrogens with zero attached hydrogens (tertiary/aromatic N) is 1. The zero-order chi connectivity index (χ0) is 15.6. The summed E-state index contributed by atoms with van der Waals surface area (Å²) in [7, 11) is 1.76. The van der Waals surface area contributed by atoms with E-state index in [9.17, 15) is 9.59 Å². The zero-order valence-corrected chi connectivity index (χ0v) is 13.5. The number of nitrogens with one attached hydrogen (secondary N) is 1. The van der Waals surface area contributed by atoms with E-state index in [1.54, 1.807) is 24.1 Å². The second-order valence-electron chi connectivity index (χ2n) is 5.33. The first-order valence-electron chi connectivity index (χ1n) is 6.88. The molecule has 0 bridgehead atoms. The van der Waals surface area contributed by atoms with Crippen LogP contribution in [0.5, 0.6) is 0 Å². The van der Waals surface area contributed by atoms with E-state index in [1.807, 2.05) is 13.0 Å². The zero-order valence-electron chi connectivity index (χ0n) is 12.0. The van der Waals surface area contributed by atoms with Gasteiger partial charge in [0, 0.05) is 30.1 Å². The van der Waals surface area contributed by atoms with Crippen LogP contribution in [0.15, 0.2) is 18.2 Å². The molecule has 2 rings (SSSR count). The SMILES string of the molecule is CC(c1ccc(Cl)cc1Cl)N(C)C(=O)C1CCC(=O)NC1. The molecule has 6 heteroatoms. The monoisotopic (exact) mass is 328 g/mol. The van der Waals surface area contributed by atoms with Gasteiger partial charge in [0.1, 0.15) is 0 Å². The topological polar surface area (TPSA) is 49.4 Å². The fraction of sp³-hybridized carbons (Fsp3) is 0.467. The lowest BCUT2D eigenvalue weighted by Crippen LogP contribution is -2.44. The van der Waals surface area contributed by atoms with Crippen molar-refractivity contribution >= 4 is 35.0 Å². The lowest BCUT2D eigenvalue weighted by Gasteiger charge is -2.31. The molecule has 1 aliphatic rings. The Hall–Kier alpha value is -1.26. The molecule has 1 aromatic carbocycles. The van der Waals surface area contributed by atoms with Crippen LogP contribution in [0.4, 0.5) is 0 Å². The van der Waals surface area contributed by atoms with Crippen LogP contribution in [0.1, 0.15) is 31.4 Å². The Balaban J connectivity index is 2.09. The number of carbonyl (C=O) groups is 2. The van der Waals surface area contributed by atoms with Gasteiger partial charge in [0.2, 0.25) is 11.8 Å². The predicted molar refractivity (Wildman–Crippen MR) is 83.4 cm³/mol. The first-order valence-corrected chi connectivity index (χ1v) is 7.64. The summed E-state index contributed by atoms with van der Waals surface area (Å²) in [5.41, 5.74) is 0.858. The average Bonchev–Trinajstić information content (AvgIpc) is 2.46. The second kappa shape index (κ2) is 6.67. The van der Waals surface area contributed by atoms with Crippen molar-refractivity contribution < 1.29 is 9.59 Å². The summed E-state index contributed by atoms with van der Waals surface area (Å²) >= 11 is 12.1. The van der Waals surface area contributed by atoms with Crippen LogP contribution in [0.25, 0.3) is 0 Å². The first kappa shape index (κ1) is 16.1. The lowest BCUT2D eigenvalue weighted by atomic mass is 9.96. The summed E-state index contributed by atoms with van der Waals surface area (Å²) < 4.78 is 0. The van der Waals surface area contributed by atoms with Crippen molar-refractivity contribution in [1.29, 1.82) is 0 Å². The van der Waals surface area contributed by atoms with Crippen molar-refractivity contribution in [2.75, 3.05) is 13.6 Å². The minimum atomic E-state index is -0.166. The fourth-order valence-electron chi connectivity index (χ4n) is 2.47. The maximum absolute atomic E-state index is 12.5. The predicted octanol–water partition coefficient (Wildman–Crippen LogP) is 3.04. The number of amides is 2. The third-order valence-corrected chi connectivity index (χ3v) is 4.52. The van der Waals surface area contributed by atoms with Crippen molar-refractivity contribution in [3.63, 3.8) is 0 Å². The molecule has 4 nitrogen and oxygen atoms in total. The summed E-state index contributed by atoms with van der Waals surface area (Å²) in [6.07, 6.45) is 0.996. The van der Waals surface area contributed by atoms with Crippen LogP contribution >= 0.6 is 23.2 Å². The molecule has 1 aromatic rings. The number of hydrogen-bond acceptors (Lipinski definition) is 2. The van der Waals surface area contributed by atoms with E-state index in [0.717, 1.165) is 5.56 Å². The van der Waals surface area contributed by atoms with Gasteiger partial charge >= 0.3 is 0 Å². The molecule has 0 saturated carbocycles. The van der Waals surface area contributed by atoms with Gasteiger partial charge in [0.25, 0.3) is 0 Å². The highest BCUT2D eigenvalue weighted by molar-refractivity contribution is 6.35. The summed E-state index contributed by atoms with van der Waals surface area (Å²) in [6.45, 7) is 2.33. The molecule has 0 spiro atoms. The normalized spacial score (nSPS) is 19.8. The number of carbonyl (C=O) groups excluding carboxylic acids is 2. The van der Waals surface area contributed by atoms with E-state index in [1.165, 1.54) is 0 Å². The number of halogens is 2. The van der Waals surface area contributed by atoms with E-state index in [0.29, 0.717) is 29.4 Å². The Kier molecular flexibility index (Phi) is 5.12. The standard InChI is InChI=1S/C15H18Cl2N2O2/c1-9(12-5-4-11(16)7-13(12)17)19(2)15(21)10-3-6-14(20)18-8-10/h4-5,7,9-10H,3,6,8H2,1-2H3,(H,18,20). The third kappa shape index (κ3) is 3.69. The van der Waals surface area contributed by atoms with Crippen molar-refractivity contribution in [3.05, 3.63) is 33.8 Å². The van der Waals surface area contributed by atoms with Gasteiger partial charge in [-0.2, -0.15) is 0 Å². The molecule has 0 aromatic heterocycles. The quantitative estimate of drug-likeness (QED) is 0.927. The first-order chi connectivity index (χ1) is 9.90. The summed E-state index contributed by atoms with van der Waals surface area (Å²) in [5.74, 6) is -0.134. The van der Waals surface area contributed by atoms with Gasteiger partial charge in [0.15, 0.2) is 0 Å². The largest absolute Gasteiger partial charge is 0.355 e. The van der Waals surface area contributed by atoms with Crippen molar-refractivity contribution in [3.8, 4) is 0 Å². The molecule has 1 N–H and O–H groups in total. The molecule has 2 unspecified atom stereocenters. The van der Waals surface area contributed by atoms with E-state index in [4.69, 9.17) is 23.2 Å². The van der Waals surface area contributed by atoms with Crippen LogP contribution < -0.4 is 5.32 Å². The van der Waals surface area contributed by atoms with Gasteiger partial charge in [-0.05, 0) is 31.0 Å². The maximum atomic E-state index is 12.5. The van der Waals surface area contributed by atoms with Crippen molar-refractivity contribution in [2.24, 2.45) is 5.92 Å². The molecule has 21 heavy (non-hydrogen) atoms. The van der Waals surface area contributed by atoms with Gasteiger partial charge in [-0.1, -0.05) is 29.3 Å². The highest BCUT2D eigenvalue weighted by Crippen LogP contribution is 2.30. The van der Waals surface area contributed by atoms with Gasteiger partial charge in [-0.15, -0.1) is 0 Å². The van der Waals surface area contributed by atoms with Crippen LogP contribution in [-0.4, -0.2) is 30.3 Å². The van der Waals surface area contributed by atoms with E-state index in [2.05, 4.69) is 5.32 Å². The second-order valence-corrected chi connectivity index (χ2v) is 6.17. The van der Waals surface area contributed by atoms with Crippen LogP contribution in [0.2, 0.25) is 10.0 Å². The lowest BCUT2D eigenvalue weighted by molar-refractivity contribution is -0.138. The molecule has 1 fully saturated rings. The highest BCUT2D eigenvalue weighted by Gasteiger charge is 2.29. The molecule has 2 amide bonds. The van der Waals surface area contributed by atoms with Crippen LogP contribution in [0, 0.1) is 5.92 Å². The minimum Gasteiger partial charge on any atom is -0.355 e. The smallest absolute Gasteiger partial charge is 0.227 e. The Morgan fingerprint density at radius 1 is 1.43 bits per heavy atom. The van der Waals surface area contributed by atoms with Gasteiger partial charge < -0.3 is 10.2 Å². The minimum absolute atomic E-state index is 0.00972. The molecule has 114 valence electrons. The van der Waals surface area contributed by atoms with Crippen LogP contribution in [0.3, 0.4) is 0 Å². The number of piperidine rings is 1. The van der Waals surface area contributed by atoms with Crippen LogP contribution in [-0.2, 0) is 9.59 Å². The average molecular weight is 329 g/mol. The molecule has 2 atom stereocenters. The van der Waals surface area contributed by atoms with E-state index in [-0.39, 0.29) is 23.8 Å². The molecule has 1 heterocycles. The molecule has 0 aliphatic carbocycles. The Morgan fingerprint density at radius 2 is 2.14 bits per heavy atom. The van der Waals surface area contributed by atoms with Crippen molar-refractivity contribution in [1.82, 2.24) is 10.2 Å². The highest BCUT2D eigenvalue weighted by atomic mass is 35.5. The Labute approximate surface area is 134 Å². The van der Waals surface area contributed by atoms with Gasteiger partial charge in [-0.25, -0.2) is 0 Å². The summed E-state index contributed by atoms with van der Waals surface area (Å²) in [6, 6.07) is 5.12. The molecular formula is C15H18Cl2N2O2. The molecule has 1 aliphatic heterocycles. The Morgan fingerprint density at radius 3 is 2.71 bits per heavy atom. The fourth-order valence-corrected chi connectivity index (χ4v) is 3.04. The Bertz CT molecular complexity index is 553.